The number of non-ortho nitro benzene ring substituents is 1. The number of benzene rings is 2. The maximum Gasteiger partial charge on any atom is 0.339 e. The van der Waals surface area contributed by atoms with Gasteiger partial charge in [0.15, 0.2) is 0 Å². The molecule has 5 nitrogen and oxygen atoms in total. The van der Waals surface area contributed by atoms with Crippen LogP contribution in [0, 0.1) is 10.1 Å². The van der Waals surface area contributed by atoms with E-state index in [0.717, 1.165) is 10.0 Å². The van der Waals surface area contributed by atoms with Crippen molar-refractivity contribution in [3.05, 3.63) is 91.7 Å². The molecule has 0 saturated heterocycles. The summed E-state index contributed by atoms with van der Waals surface area (Å²) in [6, 6.07) is 13.8. The third-order valence-corrected chi connectivity index (χ3v) is 4.02. The van der Waals surface area contributed by atoms with E-state index < -0.39 is 10.9 Å². The minimum atomic E-state index is -0.461. The van der Waals surface area contributed by atoms with Gasteiger partial charge in [0.25, 0.3) is 5.69 Å². The molecule has 120 valence electrons. The predicted octanol–water partition coefficient (Wildman–Crippen LogP) is 4.42. The van der Waals surface area contributed by atoms with Crippen LogP contribution < -0.4 is 0 Å². The number of hydrogen-bond donors (Lipinski definition) is 0. The van der Waals surface area contributed by atoms with E-state index in [4.69, 9.17) is 4.74 Å². The van der Waals surface area contributed by atoms with E-state index in [1.807, 2.05) is 24.3 Å². The first-order chi connectivity index (χ1) is 11.5. The van der Waals surface area contributed by atoms with Gasteiger partial charge in [-0.25, -0.2) is 4.79 Å². The molecule has 1 aliphatic rings. The lowest BCUT2D eigenvalue weighted by Crippen LogP contribution is -2.01. The van der Waals surface area contributed by atoms with E-state index in [1.165, 1.54) is 12.1 Å². The molecule has 0 aliphatic carbocycles. The van der Waals surface area contributed by atoms with Crippen LogP contribution in [0.4, 0.5) is 5.69 Å². The minimum Gasteiger partial charge on any atom is -0.423 e. The van der Waals surface area contributed by atoms with E-state index in [2.05, 4.69) is 15.9 Å². The van der Waals surface area contributed by atoms with Gasteiger partial charge in [-0.2, -0.15) is 0 Å². The van der Waals surface area contributed by atoms with Crippen LogP contribution in [0.1, 0.15) is 11.1 Å². The third kappa shape index (κ3) is 3.78. The van der Waals surface area contributed by atoms with Gasteiger partial charge in [0.05, 0.1) is 4.92 Å². The van der Waals surface area contributed by atoms with Crippen molar-refractivity contribution in [1.82, 2.24) is 0 Å². The number of nitrogens with zero attached hydrogens (tertiary/aromatic N) is 1. The molecule has 0 saturated carbocycles. The molecule has 0 radical (unpaired) electrons. The lowest BCUT2D eigenvalue weighted by molar-refractivity contribution is -0.384. The van der Waals surface area contributed by atoms with Gasteiger partial charge < -0.3 is 4.74 Å². The molecule has 24 heavy (non-hydrogen) atoms. The topological polar surface area (TPSA) is 69.4 Å². The molecule has 0 N–H and O–H groups in total. The fourth-order valence-corrected chi connectivity index (χ4v) is 2.61. The summed E-state index contributed by atoms with van der Waals surface area (Å²) in [4.78, 5) is 22.3. The fourth-order valence-electron chi connectivity index (χ4n) is 2.34. The summed E-state index contributed by atoms with van der Waals surface area (Å²) in [7, 11) is 0. The first-order valence-corrected chi connectivity index (χ1v) is 7.94. The second-order valence-corrected chi connectivity index (χ2v) is 6.18. The van der Waals surface area contributed by atoms with Crippen LogP contribution in [0.2, 0.25) is 0 Å². The van der Waals surface area contributed by atoms with Gasteiger partial charge in [-0.15, -0.1) is 0 Å². The molecular weight excluding hydrogens is 374 g/mol. The standard InChI is InChI=1S/C18H12BrNO4/c19-15-6-4-12(5-7-15)8-14-11-17(24-18(14)21)10-13-2-1-3-16(9-13)20(22)23/h1-7,9-11H,8H2/b17-10+. The van der Waals surface area contributed by atoms with Gasteiger partial charge in [0.1, 0.15) is 5.76 Å². The number of nitro groups is 1. The van der Waals surface area contributed by atoms with Crippen molar-refractivity contribution in [2.45, 2.75) is 6.42 Å². The first kappa shape index (κ1) is 16.1. The SMILES string of the molecule is O=C1O/C(=C/c2cccc([N+](=O)[O-])c2)C=C1Cc1ccc(Br)cc1. The largest absolute Gasteiger partial charge is 0.423 e. The Kier molecular flexibility index (Phi) is 4.57. The number of cyclic esters (lactones) is 1. The monoisotopic (exact) mass is 385 g/mol. The zero-order valence-corrected chi connectivity index (χ0v) is 14.0. The van der Waals surface area contributed by atoms with E-state index >= 15 is 0 Å². The van der Waals surface area contributed by atoms with Crippen LogP contribution in [0.3, 0.4) is 0 Å². The van der Waals surface area contributed by atoms with Gasteiger partial charge in [-0.3, -0.25) is 10.1 Å². The number of hydrogen-bond acceptors (Lipinski definition) is 4. The molecular formula is C18H12BrNO4. The van der Waals surface area contributed by atoms with E-state index in [0.29, 0.717) is 23.3 Å². The number of nitro benzene ring substituents is 1. The van der Waals surface area contributed by atoms with Gasteiger partial charge in [0.2, 0.25) is 0 Å². The Hall–Kier alpha value is -2.73. The van der Waals surface area contributed by atoms with E-state index in [1.54, 1.807) is 24.3 Å². The molecule has 0 atom stereocenters. The van der Waals surface area contributed by atoms with Crippen LogP contribution in [-0.2, 0) is 16.0 Å². The normalized spacial score (nSPS) is 15.3. The highest BCUT2D eigenvalue weighted by molar-refractivity contribution is 9.10. The van der Waals surface area contributed by atoms with Crippen LogP contribution in [0.5, 0.6) is 0 Å². The second kappa shape index (κ2) is 6.80. The van der Waals surface area contributed by atoms with Crippen molar-refractivity contribution < 1.29 is 14.5 Å². The summed E-state index contributed by atoms with van der Waals surface area (Å²) < 4.78 is 6.20. The molecule has 0 bridgehead atoms. The van der Waals surface area contributed by atoms with Crippen molar-refractivity contribution in [2.24, 2.45) is 0 Å². The fraction of sp³-hybridized carbons (Fsp3) is 0.0556. The van der Waals surface area contributed by atoms with Crippen LogP contribution in [0.25, 0.3) is 6.08 Å². The van der Waals surface area contributed by atoms with Gasteiger partial charge in [-0.1, -0.05) is 40.2 Å². The Morgan fingerprint density at radius 1 is 1.17 bits per heavy atom. The molecule has 3 rings (SSSR count). The summed E-state index contributed by atoms with van der Waals surface area (Å²) in [5.41, 5.74) is 2.15. The van der Waals surface area contributed by atoms with Crippen molar-refractivity contribution in [1.29, 1.82) is 0 Å². The second-order valence-electron chi connectivity index (χ2n) is 5.26. The van der Waals surface area contributed by atoms with Crippen LogP contribution >= 0.6 is 15.9 Å². The smallest absolute Gasteiger partial charge is 0.339 e. The number of carbonyl (C=O) groups excluding carboxylic acids is 1. The maximum atomic E-state index is 12.0. The van der Waals surface area contributed by atoms with E-state index in [9.17, 15) is 14.9 Å². The summed E-state index contributed by atoms with van der Waals surface area (Å²) in [6.07, 6.45) is 3.75. The quantitative estimate of drug-likeness (QED) is 0.443. The maximum absolute atomic E-state index is 12.0. The summed E-state index contributed by atoms with van der Waals surface area (Å²) in [5.74, 6) is -0.0118. The van der Waals surface area contributed by atoms with E-state index in [-0.39, 0.29) is 5.69 Å². The molecule has 0 amide bonds. The molecule has 0 aromatic heterocycles. The van der Waals surface area contributed by atoms with Gasteiger partial charge >= 0.3 is 5.97 Å². The first-order valence-electron chi connectivity index (χ1n) is 7.14. The van der Waals surface area contributed by atoms with Crippen molar-refractivity contribution in [3.63, 3.8) is 0 Å². The summed E-state index contributed by atoms with van der Waals surface area (Å²) in [6.45, 7) is 0. The van der Waals surface area contributed by atoms with Gasteiger partial charge in [0, 0.05) is 28.6 Å². The van der Waals surface area contributed by atoms with Crippen molar-refractivity contribution >= 4 is 33.7 Å². The molecule has 1 heterocycles. The number of carbonyl (C=O) groups is 1. The molecule has 0 unspecified atom stereocenters. The Labute approximate surface area is 146 Å². The summed E-state index contributed by atoms with van der Waals surface area (Å²) >= 11 is 3.37. The Balaban J connectivity index is 1.81. The Morgan fingerprint density at radius 3 is 2.62 bits per heavy atom. The highest BCUT2D eigenvalue weighted by atomic mass is 79.9. The average molecular weight is 386 g/mol. The molecule has 6 heteroatoms. The lowest BCUT2D eigenvalue weighted by Gasteiger charge is -2.00. The van der Waals surface area contributed by atoms with Crippen molar-refractivity contribution in [2.75, 3.05) is 0 Å². The number of esters is 1. The molecule has 1 aliphatic heterocycles. The van der Waals surface area contributed by atoms with Crippen LogP contribution in [0.15, 0.2) is 70.4 Å². The predicted molar refractivity (Wildman–Crippen MR) is 93.1 cm³/mol. The molecule has 2 aromatic carbocycles. The Bertz CT molecular complexity index is 869. The Morgan fingerprint density at radius 2 is 1.92 bits per heavy atom. The molecule has 0 spiro atoms. The van der Waals surface area contributed by atoms with Gasteiger partial charge in [-0.05, 0) is 35.4 Å². The molecule has 0 fully saturated rings. The molecule has 2 aromatic rings. The minimum absolute atomic E-state index is 0.00672. The highest BCUT2D eigenvalue weighted by Crippen LogP contribution is 2.24. The number of halogens is 1. The third-order valence-electron chi connectivity index (χ3n) is 3.49. The number of allylic oxidation sites excluding steroid dienone is 1. The highest BCUT2D eigenvalue weighted by Gasteiger charge is 2.21. The lowest BCUT2D eigenvalue weighted by atomic mass is 10.1. The van der Waals surface area contributed by atoms with Crippen LogP contribution in [-0.4, -0.2) is 10.9 Å². The van der Waals surface area contributed by atoms with Crippen molar-refractivity contribution in [3.8, 4) is 0 Å². The average Bonchev–Trinajstić information content (AvgIpc) is 2.89. The zero-order chi connectivity index (χ0) is 17.1. The number of rotatable bonds is 4. The summed E-state index contributed by atoms with van der Waals surface area (Å²) in [5, 5.41) is 10.8. The number of ether oxygens (including phenoxy) is 1. The zero-order valence-electron chi connectivity index (χ0n) is 12.4.